The highest BCUT2D eigenvalue weighted by atomic mass is 32.1. The molecule has 2 N–H and O–H groups in total. The van der Waals surface area contributed by atoms with E-state index in [1.807, 2.05) is 0 Å². The van der Waals surface area contributed by atoms with Gasteiger partial charge in [-0.3, -0.25) is 0 Å². The van der Waals surface area contributed by atoms with Gasteiger partial charge >= 0.3 is 5.97 Å². The molecule has 0 radical (unpaired) electrons. The van der Waals surface area contributed by atoms with E-state index in [1.54, 1.807) is 0 Å². The molecule has 0 aliphatic heterocycles. The van der Waals surface area contributed by atoms with Gasteiger partial charge in [0.15, 0.2) is 16.6 Å². The van der Waals surface area contributed by atoms with Crippen molar-refractivity contribution in [3.63, 3.8) is 0 Å². The average molecular weight is 226 g/mol. The van der Waals surface area contributed by atoms with Gasteiger partial charge in [0.1, 0.15) is 0 Å². The van der Waals surface area contributed by atoms with Gasteiger partial charge in [0.25, 0.3) is 0 Å². The average Bonchev–Trinajstić information content (AvgIpc) is 2.86. The summed E-state index contributed by atoms with van der Waals surface area (Å²) in [5, 5.41) is 17.1. The first kappa shape index (κ1) is 9.59. The van der Waals surface area contributed by atoms with Crippen LogP contribution in [0.25, 0.3) is 0 Å². The van der Waals surface area contributed by atoms with Crippen LogP contribution in [0.5, 0.6) is 0 Å². The van der Waals surface area contributed by atoms with Crippen molar-refractivity contribution in [3.8, 4) is 0 Å². The molecule has 78 valence electrons. The fourth-order valence-corrected chi connectivity index (χ4v) is 1.56. The summed E-state index contributed by atoms with van der Waals surface area (Å²) in [6.07, 6.45) is 1.22. The van der Waals surface area contributed by atoms with Crippen molar-refractivity contribution in [3.05, 3.63) is 23.3 Å². The lowest BCUT2D eigenvalue weighted by Crippen LogP contribution is -2.02. The summed E-state index contributed by atoms with van der Waals surface area (Å²) in [6, 6.07) is 0. The Hall–Kier alpha value is -1.96. The first-order valence-electron chi connectivity index (χ1n) is 3.93. The fraction of sp³-hybridized carbons (Fsp3) is 0.143. The summed E-state index contributed by atoms with van der Waals surface area (Å²) in [5.74, 6) is -0.555. The third-order valence-corrected chi connectivity index (χ3v) is 2.33. The largest absolute Gasteiger partial charge is 0.476 e. The van der Waals surface area contributed by atoms with Crippen LogP contribution in [0.1, 0.15) is 16.3 Å². The van der Waals surface area contributed by atoms with Gasteiger partial charge in [0, 0.05) is 5.38 Å². The highest BCUT2D eigenvalue weighted by molar-refractivity contribution is 7.13. The Morgan fingerprint density at radius 3 is 3.13 bits per heavy atom. The van der Waals surface area contributed by atoms with E-state index in [1.165, 1.54) is 23.1 Å². The van der Waals surface area contributed by atoms with Crippen LogP contribution in [0.4, 0.5) is 5.13 Å². The number of nitrogens with zero attached hydrogens (tertiary/aromatic N) is 3. The standard InChI is InChI=1S/C7H6N4O3S/c12-6(13)4-2-15-7(10-4)8-1-5-9-3-14-11-5/h2-3H,1H2,(H,8,10)(H,12,13). The Bertz CT molecular complexity index is 453. The minimum atomic E-state index is -1.04. The first-order valence-corrected chi connectivity index (χ1v) is 4.81. The molecule has 0 spiro atoms. The smallest absolute Gasteiger partial charge is 0.355 e. The molecule has 8 heteroatoms. The molecule has 0 aliphatic rings. The molecule has 2 rings (SSSR count). The lowest BCUT2D eigenvalue weighted by atomic mass is 10.5. The third kappa shape index (κ3) is 2.29. The van der Waals surface area contributed by atoms with Crippen molar-refractivity contribution in [2.24, 2.45) is 0 Å². The molecule has 0 aromatic carbocycles. The molecule has 2 aromatic rings. The van der Waals surface area contributed by atoms with Crippen LogP contribution < -0.4 is 5.32 Å². The van der Waals surface area contributed by atoms with Gasteiger partial charge in [-0.2, -0.15) is 4.98 Å². The zero-order valence-corrected chi connectivity index (χ0v) is 8.19. The molecular formula is C7H6N4O3S. The van der Waals surface area contributed by atoms with E-state index >= 15 is 0 Å². The second-order valence-corrected chi connectivity index (χ2v) is 3.40. The number of nitrogens with one attached hydrogen (secondary N) is 1. The van der Waals surface area contributed by atoms with E-state index in [0.717, 1.165) is 0 Å². The molecule has 0 saturated carbocycles. The molecule has 0 atom stereocenters. The monoisotopic (exact) mass is 226 g/mol. The number of carboxylic acids is 1. The number of aromatic nitrogens is 3. The molecule has 0 fully saturated rings. The minimum Gasteiger partial charge on any atom is -0.476 e. The fourth-order valence-electron chi connectivity index (χ4n) is 0.878. The predicted molar refractivity (Wildman–Crippen MR) is 50.7 cm³/mol. The molecule has 7 nitrogen and oxygen atoms in total. The maximum Gasteiger partial charge on any atom is 0.355 e. The van der Waals surface area contributed by atoms with Crippen LogP contribution in [0.15, 0.2) is 16.3 Å². The van der Waals surface area contributed by atoms with E-state index in [0.29, 0.717) is 17.5 Å². The molecular weight excluding hydrogens is 220 g/mol. The van der Waals surface area contributed by atoms with Gasteiger partial charge in [-0.1, -0.05) is 5.16 Å². The molecule has 0 amide bonds. The molecule has 0 saturated heterocycles. The topological polar surface area (TPSA) is 101 Å². The number of thiazole rings is 1. The Balaban J connectivity index is 1.96. The summed E-state index contributed by atoms with van der Waals surface area (Å²) in [5.41, 5.74) is 0.0237. The third-order valence-electron chi connectivity index (χ3n) is 1.53. The van der Waals surface area contributed by atoms with Crippen molar-refractivity contribution in [1.29, 1.82) is 0 Å². The summed E-state index contributed by atoms with van der Waals surface area (Å²) in [6.45, 7) is 0.350. The number of hydrogen-bond acceptors (Lipinski definition) is 7. The van der Waals surface area contributed by atoms with Crippen LogP contribution in [-0.2, 0) is 6.54 Å². The lowest BCUT2D eigenvalue weighted by Gasteiger charge is -1.95. The minimum absolute atomic E-state index is 0.0237. The summed E-state index contributed by atoms with van der Waals surface area (Å²) in [4.78, 5) is 18.1. The van der Waals surface area contributed by atoms with Crippen molar-refractivity contribution in [2.45, 2.75) is 6.54 Å². The van der Waals surface area contributed by atoms with Gasteiger partial charge < -0.3 is 14.9 Å². The number of hydrogen-bond donors (Lipinski definition) is 2. The van der Waals surface area contributed by atoms with E-state index in [4.69, 9.17) is 5.11 Å². The van der Waals surface area contributed by atoms with Gasteiger partial charge in [0.2, 0.25) is 6.39 Å². The Kier molecular flexibility index (Phi) is 2.59. The molecule has 0 aliphatic carbocycles. The van der Waals surface area contributed by atoms with E-state index in [2.05, 4.69) is 25.0 Å². The SMILES string of the molecule is O=C(O)c1csc(NCc2ncon2)n1. The Morgan fingerprint density at radius 1 is 1.67 bits per heavy atom. The van der Waals surface area contributed by atoms with E-state index in [-0.39, 0.29) is 5.69 Å². The molecule has 2 aromatic heterocycles. The lowest BCUT2D eigenvalue weighted by molar-refractivity contribution is 0.0691. The quantitative estimate of drug-likeness (QED) is 0.796. The Morgan fingerprint density at radius 2 is 2.53 bits per heavy atom. The van der Waals surface area contributed by atoms with Crippen molar-refractivity contribution in [1.82, 2.24) is 15.1 Å². The zero-order valence-electron chi connectivity index (χ0n) is 7.38. The van der Waals surface area contributed by atoms with Gasteiger partial charge in [0.05, 0.1) is 6.54 Å². The summed E-state index contributed by atoms with van der Waals surface area (Å²) < 4.78 is 4.53. The van der Waals surface area contributed by atoms with Gasteiger partial charge in [-0.25, -0.2) is 9.78 Å². The van der Waals surface area contributed by atoms with Crippen molar-refractivity contribution < 1.29 is 14.4 Å². The molecule has 0 unspecified atom stereocenters. The Labute approximate surface area is 87.8 Å². The number of aromatic carboxylic acids is 1. The number of rotatable bonds is 4. The van der Waals surface area contributed by atoms with Crippen molar-refractivity contribution in [2.75, 3.05) is 5.32 Å². The van der Waals surface area contributed by atoms with E-state index in [9.17, 15) is 4.79 Å². The number of anilines is 1. The summed E-state index contributed by atoms with van der Waals surface area (Å²) in [7, 11) is 0. The van der Waals surface area contributed by atoms with Crippen molar-refractivity contribution >= 4 is 22.4 Å². The second kappa shape index (κ2) is 4.05. The molecule has 0 bridgehead atoms. The summed E-state index contributed by atoms with van der Waals surface area (Å²) >= 11 is 1.21. The maximum absolute atomic E-state index is 10.5. The van der Waals surface area contributed by atoms with Gasteiger partial charge in [-0.15, -0.1) is 11.3 Å². The highest BCUT2D eigenvalue weighted by Crippen LogP contribution is 2.15. The van der Waals surface area contributed by atoms with Gasteiger partial charge in [-0.05, 0) is 0 Å². The molecule has 15 heavy (non-hydrogen) atoms. The molecule has 2 heterocycles. The number of carbonyl (C=O) groups is 1. The normalized spacial score (nSPS) is 10.1. The predicted octanol–water partition coefficient (Wildman–Crippen LogP) is 0.836. The van der Waals surface area contributed by atoms with Crippen LogP contribution in [-0.4, -0.2) is 26.2 Å². The van der Waals surface area contributed by atoms with Crippen LogP contribution in [0.2, 0.25) is 0 Å². The van der Waals surface area contributed by atoms with Crippen LogP contribution in [0, 0.1) is 0 Å². The number of carboxylic acid groups (broad SMARTS) is 1. The van der Waals surface area contributed by atoms with E-state index < -0.39 is 5.97 Å². The second-order valence-electron chi connectivity index (χ2n) is 2.54. The van der Waals surface area contributed by atoms with Crippen LogP contribution >= 0.6 is 11.3 Å². The maximum atomic E-state index is 10.5. The first-order chi connectivity index (χ1) is 7.25. The van der Waals surface area contributed by atoms with Crippen LogP contribution in [0.3, 0.4) is 0 Å². The highest BCUT2D eigenvalue weighted by Gasteiger charge is 2.08. The zero-order chi connectivity index (χ0) is 10.7.